The molecule has 0 bridgehead atoms. The molecule has 0 saturated carbocycles. The molecule has 0 aromatic heterocycles. The van der Waals surface area contributed by atoms with Gasteiger partial charge in [-0.1, -0.05) is 50.6 Å². The summed E-state index contributed by atoms with van der Waals surface area (Å²) in [5.74, 6) is 1.41. The lowest BCUT2D eigenvalue weighted by Gasteiger charge is -2.23. The Kier molecular flexibility index (Phi) is 6.50. The fourth-order valence-electron chi connectivity index (χ4n) is 2.55. The maximum atomic E-state index is 12.1. The normalized spacial score (nSPS) is 11.0. The number of aryl methyl sites for hydroxylation is 1. The van der Waals surface area contributed by atoms with Gasteiger partial charge in [0, 0.05) is 0 Å². The number of para-hydroxylation sites is 2. The first-order valence-electron chi connectivity index (χ1n) is 8.82. The Balaban J connectivity index is 1.95. The second kappa shape index (κ2) is 8.61. The van der Waals surface area contributed by atoms with Gasteiger partial charge in [-0.2, -0.15) is 0 Å². The number of urea groups is 1. The van der Waals surface area contributed by atoms with Crippen LogP contribution in [-0.4, -0.2) is 19.4 Å². The van der Waals surface area contributed by atoms with Crippen molar-refractivity contribution in [1.29, 1.82) is 0 Å². The zero-order valence-corrected chi connectivity index (χ0v) is 16.2. The number of rotatable bonds is 6. The number of hydrogen-bond donors (Lipinski definition) is 2. The summed E-state index contributed by atoms with van der Waals surface area (Å²) < 4.78 is 11.3. The molecule has 140 valence electrons. The molecule has 26 heavy (non-hydrogen) atoms. The molecular weight excluding hydrogens is 328 g/mol. The molecule has 0 radical (unpaired) electrons. The Labute approximate surface area is 155 Å². The average Bonchev–Trinajstić information content (AvgIpc) is 2.57. The molecule has 2 aromatic carbocycles. The fourth-order valence-corrected chi connectivity index (χ4v) is 2.55. The molecule has 0 aliphatic heterocycles. The number of nitrogens with one attached hydrogen (secondary N) is 2. The summed E-state index contributed by atoms with van der Waals surface area (Å²) in [4.78, 5) is 12.1. The number of benzene rings is 2. The Morgan fingerprint density at radius 2 is 1.77 bits per heavy atom. The summed E-state index contributed by atoms with van der Waals surface area (Å²) in [5.41, 5.74) is 2.87. The first-order valence-corrected chi connectivity index (χ1v) is 8.82. The Hall–Kier alpha value is -2.69. The van der Waals surface area contributed by atoms with Crippen molar-refractivity contribution in [3.63, 3.8) is 0 Å². The van der Waals surface area contributed by atoms with Crippen molar-refractivity contribution in [3.8, 4) is 11.5 Å². The van der Waals surface area contributed by atoms with E-state index in [4.69, 9.17) is 9.47 Å². The van der Waals surface area contributed by atoms with E-state index in [0.717, 1.165) is 11.3 Å². The topological polar surface area (TPSA) is 59.6 Å². The van der Waals surface area contributed by atoms with Crippen molar-refractivity contribution < 1.29 is 14.3 Å². The molecule has 0 aliphatic carbocycles. The molecule has 2 aromatic rings. The van der Waals surface area contributed by atoms with Gasteiger partial charge in [-0.3, -0.25) is 0 Å². The lowest BCUT2D eigenvalue weighted by molar-refractivity contribution is 0.233. The summed E-state index contributed by atoms with van der Waals surface area (Å²) in [6.07, 6.45) is 0. The maximum Gasteiger partial charge on any atom is 0.321 e. The van der Waals surface area contributed by atoms with Gasteiger partial charge in [-0.25, -0.2) is 4.79 Å². The van der Waals surface area contributed by atoms with Crippen LogP contribution in [0.5, 0.6) is 11.5 Å². The van der Waals surface area contributed by atoms with Gasteiger partial charge in [-0.05, 0) is 43.0 Å². The molecule has 2 rings (SSSR count). The van der Waals surface area contributed by atoms with Gasteiger partial charge in [0.25, 0.3) is 0 Å². The molecule has 0 unspecified atom stereocenters. The molecular formula is C21H28N2O3. The molecule has 0 fully saturated rings. The minimum Gasteiger partial charge on any atom is -0.492 e. The van der Waals surface area contributed by atoms with Crippen LogP contribution in [-0.2, 0) is 5.41 Å². The third-order valence-electron chi connectivity index (χ3n) is 3.84. The van der Waals surface area contributed by atoms with Crippen molar-refractivity contribution in [2.45, 2.75) is 40.0 Å². The molecule has 0 atom stereocenters. The zero-order chi connectivity index (χ0) is 19.2. The van der Waals surface area contributed by atoms with Crippen LogP contribution in [0.3, 0.4) is 0 Å². The van der Waals surface area contributed by atoms with Crippen LogP contribution < -0.4 is 20.1 Å². The van der Waals surface area contributed by atoms with Crippen LogP contribution in [0.25, 0.3) is 0 Å². The van der Waals surface area contributed by atoms with E-state index in [9.17, 15) is 4.79 Å². The molecule has 0 heterocycles. The monoisotopic (exact) mass is 356 g/mol. The smallest absolute Gasteiger partial charge is 0.321 e. The molecule has 5 nitrogen and oxygen atoms in total. The maximum absolute atomic E-state index is 12.1. The summed E-state index contributed by atoms with van der Waals surface area (Å²) in [5, 5.41) is 5.49. The number of anilines is 1. The highest BCUT2D eigenvalue weighted by Crippen LogP contribution is 2.32. The number of amides is 2. The first-order chi connectivity index (χ1) is 12.3. The van der Waals surface area contributed by atoms with E-state index >= 15 is 0 Å². The number of ether oxygens (including phenoxy) is 2. The number of hydrogen-bond acceptors (Lipinski definition) is 3. The fraction of sp³-hybridized carbons (Fsp3) is 0.381. The van der Waals surface area contributed by atoms with E-state index < -0.39 is 0 Å². The molecule has 0 aliphatic rings. The molecule has 0 spiro atoms. The van der Waals surface area contributed by atoms with Gasteiger partial charge in [0.1, 0.15) is 11.5 Å². The van der Waals surface area contributed by atoms with Gasteiger partial charge < -0.3 is 20.1 Å². The predicted molar refractivity (Wildman–Crippen MR) is 105 cm³/mol. The predicted octanol–water partition coefficient (Wildman–Crippen LogP) is 4.85. The van der Waals surface area contributed by atoms with Gasteiger partial charge >= 0.3 is 6.03 Å². The van der Waals surface area contributed by atoms with Crippen LogP contribution in [0.15, 0.2) is 42.5 Å². The van der Waals surface area contributed by atoms with E-state index in [1.54, 1.807) is 6.07 Å². The van der Waals surface area contributed by atoms with E-state index in [1.807, 2.05) is 37.3 Å². The number of carbonyl (C=O) groups excluding carboxylic acids is 1. The quantitative estimate of drug-likeness (QED) is 0.728. The number of carbonyl (C=O) groups is 1. The lowest BCUT2D eigenvalue weighted by atomic mass is 9.85. The van der Waals surface area contributed by atoms with Crippen molar-refractivity contribution in [3.05, 3.63) is 53.6 Å². The van der Waals surface area contributed by atoms with E-state index in [1.165, 1.54) is 5.56 Å². The minimum absolute atomic E-state index is 0.0416. The minimum atomic E-state index is -0.346. The highest BCUT2D eigenvalue weighted by Gasteiger charge is 2.19. The third-order valence-corrected chi connectivity index (χ3v) is 3.84. The van der Waals surface area contributed by atoms with Crippen LogP contribution in [0.4, 0.5) is 10.5 Å². The first kappa shape index (κ1) is 19.6. The van der Waals surface area contributed by atoms with Crippen LogP contribution in [0.2, 0.25) is 0 Å². The second-order valence-electron chi connectivity index (χ2n) is 7.10. The van der Waals surface area contributed by atoms with Crippen LogP contribution in [0, 0.1) is 6.92 Å². The van der Waals surface area contributed by atoms with Crippen molar-refractivity contribution in [1.82, 2.24) is 5.32 Å². The van der Waals surface area contributed by atoms with Gasteiger partial charge in [0.05, 0.1) is 12.3 Å². The molecule has 0 saturated heterocycles. The van der Waals surface area contributed by atoms with Gasteiger partial charge in [0.2, 0.25) is 0 Å². The van der Waals surface area contributed by atoms with Crippen molar-refractivity contribution in [2.75, 3.05) is 18.7 Å². The Morgan fingerprint density at radius 3 is 2.46 bits per heavy atom. The molecule has 2 N–H and O–H groups in total. The summed E-state index contributed by atoms with van der Waals surface area (Å²) >= 11 is 0. The van der Waals surface area contributed by atoms with E-state index in [-0.39, 0.29) is 18.2 Å². The van der Waals surface area contributed by atoms with Gasteiger partial charge in [-0.15, -0.1) is 0 Å². The summed E-state index contributed by atoms with van der Waals surface area (Å²) in [7, 11) is 0. The molecule has 2 amide bonds. The third kappa shape index (κ3) is 5.41. The van der Waals surface area contributed by atoms with Crippen LogP contribution >= 0.6 is 0 Å². The van der Waals surface area contributed by atoms with Gasteiger partial charge in [0.15, 0.2) is 6.73 Å². The Bertz CT molecular complexity index is 751. The summed E-state index contributed by atoms with van der Waals surface area (Å²) in [6.45, 7) is 11.0. The molecule has 5 heteroatoms. The van der Waals surface area contributed by atoms with Crippen LogP contribution in [0.1, 0.15) is 38.8 Å². The van der Waals surface area contributed by atoms with Crippen molar-refractivity contribution in [2.24, 2.45) is 0 Å². The average molecular weight is 356 g/mol. The largest absolute Gasteiger partial charge is 0.492 e. The summed E-state index contributed by atoms with van der Waals surface area (Å²) in [6, 6.07) is 13.0. The van der Waals surface area contributed by atoms with E-state index in [0.29, 0.717) is 18.0 Å². The second-order valence-corrected chi connectivity index (χ2v) is 7.10. The zero-order valence-electron chi connectivity index (χ0n) is 16.2. The highest BCUT2D eigenvalue weighted by atomic mass is 16.5. The lowest BCUT2D eigenvalue weighted by Crippen LogP contribution is -2.32. The van der Waals surface area contributed by atoms with E-state index in [2.05, 4.69) is 44.4 Å². The SMILES string of the molecule is CCOc1ccccc1NC(=O)NCOc1ccc(C)cc1C(C)(C)C. The standard InChI is InChI=1S/C21H28N2O3/c1-6-25-19-10-8-7-9-17(19)23-20(24)22-14-26-18-12-11-15(2)13-16(18)21(3,4)5/h7-13H,6,14H2,1-5H3,(H2,22,23,24). The highest BCUT2D eigenvalue weighted by molar-refractivity contribution is 5.90. The Morgan fingerprint density at radius 1 is 1.04 bits per heavy atom. The van der Waals surface area contributed by atoms with Crippen molar-refractivity contribution >= 4 is 11.7 Å².